The van der Waals surface area contributed by atoms with Crippen molar-refractivity contribution in [2.45, 2.75) is 40.0 Å². The zero-order chi connectivity index (χ0) is 14.6. The van der Waals surface area contributed by atoms with E-state index in [1.165, 1.54) is 11.1 Å². The minimum Gasteiger partial charge on any atom is -0.496 e. The number of ketones is 1. The molecule has 0 fully saturated rings. The summed E-state index contributed by atoms with van der Waals surface area (Å²) in [4.78, 5) is 11.0. The monoisotopic (exact) mass is 263 g/mol. The van der Waals surface area contributed by atoms with E-state index >= 15 is 0 Å². The van der Waals surface area contributed by atoms with Gasteiger partial charge in [-0.1, -0.05) is 31.5 Å². The van der Waals surface area contributed by atoms with Crippen LogP contribution < -0.4 is 10.1 Å². The predicted octanol–water partition coefficient (Wildman–Crippen LogP) is 2.77. The van der Waals surface area contributed by atoms with Crippen molar-refractivity contribution in [2.75, 3.05) is 20.2 Å². The summed E-state index contributed by atoms with van der Waals surface area (Å²) in [5.41, 5.74) is 3.48. The van der Waals surface area contributed by atoms with Gasteiger partial charge in [-0.3, -0.25) is 4.79 Å². The average molecular weight is 263 g/mol. The number of nitrogens with one attached hydrogen (secondary N) is 1. The number of methoxy groups -OCH3 is 1. The van der Waals surface area contributed by atoms with Gasteiger partial charge < -0.3 is 10.1 Å². The van der Waals surface area contributed by atoms with Crippen molar-refractivity contribution < 1.29 is 9.53 Å². The number of rotatable bonds is 6. The molecule has 0 atom stereocenters. The first kappa shape index (κ1) is 15.7. The van der Waals surface area contributed by atoms with Crippen LogP contribution in [0.1, 0.15) is 37.5 Å². The number of carbonyl (C=O) groups is 1. The molecular weight excluding hydrogens is 238 g/mol. The molecular formula is C16H25NO2. The highest BCUT2D eigenvalue weighted by Crippen LogP contribution is 2.34. The lowest BCUT2D eigenvalue weighted by Crippen LogP contribution is -2.35. The molecule has 1 aromatic rings. The van der Waals surface area contributed by atoms with Crippen LogP contribution in [0.25, 0.3) is 0 Å². The second kappa shape index (κ2) is 6.20. The smallest absolute Gasteiger partial charge is 0.143 e. The van der Waals surface area contributed by atoms with Crippen molar-refractivity contribution in [2.24, 2.45) is 0 Å². The molecule has 106 valence electrons. The number of aryl methyl sites for hydroxylation is 2. The third-order valence-corrected chi connectivity index (χ3v) is 3.29. The van der Waals surface area contributed by atoms with Crippen LogP contribution in [0, 0.1) is 13.8 Å². The topological polar surface area (TPSA) is 38.3 Å². The summed E-state index contributed by atoms with van der Waals surface area (Å²) in [5.74, 6) is 1.10. The van der Waals surface area contributed by atoms with Gasteiger partial charge in [0.1, 0.15) is 11.5 Å². The van der Waals surface area contributed by atoms with Crippen molar-refractivity contribution in [3.8, 4) is 5.75 Å². The van der Waals surface area contributed by atoms with Gasteiger partial charge >= 0.3 is 0 Å². The molecule has 3 heteroatoms. The molecule has 19 heavy (non-hydrogen) atoms. The molecule has 0 aliphatic rings. The molecule has 0 saturated heterocycles. The van der Waals surface area contributed by atoms with Gasteiger partial charge in [-0.2, -0.15) is 0 Å². The molecule has 0 unspecified atom stereocenters. The largest absolute Gasteiger partial charge is 0.496 e. The summed E-state index contributed by atoms with van der Waals surface area (Å²) in [6, 6.07) is 4.29. The zero-order valence-electron chi connectivity index (χ0n) is 12.9. The fourth-order valence-electron chi connectivity index (χ4n) is 2.37. The molecule has 0 aliphatic carbocycles. The fraction of sp³-hybridized carbons (Fsp3) is 0.562. The number of hydrogen-bond acceptors (Lipinski definition) is 3. The summed E-state index contributed by atoms with van der Waals surface area (Å²) in [6.07, 6.45) is 0. The number of hydrogen-bond donors (Lipinski definition) is 1. The van der Waals surface area contributed by atoms with Gasteiger partial charge in [0.25, 0.3) is 0 Å². The van der Waals surface area contributed by atoms with E-state index in [1.54, 1.807) is 14.0 Å². The van der Waals surface area contributed by atoms with E-state index in [1.807, 2.05) is 0 Å². The van der Waals surface area contributed by atoms with E-state index in [9.17, 15) is 4.79 Å². The standard InChI is InChI=1S/C16H25NO2/c1-11-7-12(2)15(19-6)14(8-11)16(4,5)10-17-9-13(3)18/h7-8,17H,9-10H2,1-6H3. The van der Waals surface area contributed by atoms with Gasteiger partial charge in [-0.25, -0.2) is 0 Å². The van der Waals surface area contributed by atoms with E-state index in [-0.39, 0.29) is 11.2 Å². The molecule has 0 aromatic heterocycles. The van der Waals surface area contributed by atoms with E-state index in [4.69, 9.17) is 4.74 Å². The van der Waals surface area contributed by atoms with Gasteiger partial charge in [0.05, 0.1) is 13.7 Å². The van der Waals surface area contributed by atoms with Crippen LogP contribution in [-0.2, 0) is 10.2 Å². The average Bonchev–Trinajstić information content (AvgIpc) is 2.27. The first-order valence-electron chi connectivity index (χ1n) is 6.64. The molecule has 1 rings (SSSR count). The van der Waals surface area contributed by atoms with Gasteiger partial charge in [-0.05, 0) is 26.3 Å². The second-order valence-electron chi connectivity index (χ2n) is 5.85. The first-order chi connectivity index (χ1) is 8.77. The van der Waals surface area contributed by atoms with Crippen LogP contribution in [0.4, 0.5) is 0 Å². The summed E-state index contributed by atoms with van der Waals surface area (Å²) in [5, 5.41) is 3.21. The normalized spacial score (nSPS) is 11.5. The first-order valence-corrected chi connectivity index (χ1v) is 6.64. The second-order valence-corrected chi connectivity index (χ2v) is 5.85. The van der Waals surface area contributed by atoms with E-state index in [2.05, 4.69) is 45.1 Å². The van der Waals surface area contributed by atoms with E-state index < -0.39 is 0 Å². The van der Waals surface area contributed by atoms with Crippen molar-refractivity contribution >= 4 is 5.78 Å². The minimum absolute atomic E-state index is 0.0857. The molecule has 0 spiro atoms. The Balaban J connectivity index is 3.02. The highest BCUT2D eigenvalue weighted by atomic mass is 16.5. The van der Waals surface area contributed by atoms with Crippen LogP contribution in [-0.4, -0.2) is 26.0 Å². The van der Waals surface area contributed by atoms with Crippen LogP contribution in [0.15, 0.2) is 12.1 Å². The maximum Gasteiger partial charge on any atom is 0.143 e. The third kappa shape index (κ3) is 4.06. The Bertz CT molecular complexity index is 464. The maximum absolute atomic E-state index is 11.0. The van der Waals surface area contributed by atoms with E-state index in [0.29, 0.717) is 6.54 Å². The SMILES string of the molecule is COc1c(C)cc(C)cc1C(C)(C)CNCC(C)=O. The lowest BCUT2D eigenvalue weighted by Gasteiger charge is -2.28. The van der Waals surface area contributed by atoms with Gasteiger partial charge in [0.2, 0.25) is 0 Å². The van der Waals surface area contributed by atoms with Crippen molar-refractivity contribution in [1.29, 1.82) is 0 Å². The Morgan fingerprint density at radius 2 is 1.95 bits per heavy atom. The Morgan fingerprint density at radius 3 is 2.47 bits per heavy atom. The van der Waals surface area contributed by atoms with Crippen molar-refractivity contribution in [1.82, 2.24) is 5.32 Å². The minimum atomic E-state index is -0.0857. The third-order valence-electron chi connectivity index (χ3n) is 3.29. The van der Waals surface area contributed by atoms with Gasteiger partial charge in [0.15, 0.2) is 0 Å². The summed E-state index contributed by atoms with van der Waals surface area (Å²) in [7, 11) is 1.71. The van der Waals surface area contributed by atoms with Gasteiger partial charge in [0, 0.05) is 17.5 Å². The Labute approximate surface area is 116 Å². The molecule has 0 heterocycles. The highest BCUT2D eigenvalue weighted by Gasteiger charge is 2.25. The fourth-order valence-corrected chi connectivity index (χ4v) is 2.37. The number of Topliss-reactive ketones (excluding diaryl/α,β-unsaturated/α-hetero) is 1. The Morgan fingerprint density at radius 1 is 1.32 bits per heavy atom. The molecule has 3 nitrogen and oxygen atoms in total. The predicted molar refractivity (Wildman–Crippen MR) is 79.0 cm³/mol. The van der Waals surface area contributed by atoms with Crippen LogP contribution >= 0.6 is 0 Å². The molecule has 1 N–H and O–H groups in total. The Kier molecular flexibility index (Phi) is 5.12. The van der Waals surface area contributed by atoms with Gasteiger partial charge in [-0.15, -0.1) is 0 Å². The van der Waals surface area contributed by atoms with Crippen molar-refractivity contribution in [3.63, 3.8) is 0 Å². The molecule has 0 saturated carbocycles. The number of carbonyl (C=O) groups excluding carboxylic acids is 1. The van der Waals surface area contributed by atoms with Crippen LogP contribution in [0.3, 0.4) is 0 Å². The van der Waals surface area contributed by atoms with Crippen LogP contribution in [0.5, 0.6) is 5.75 Å². The lowest BCUT2D eigenvalue weighted by atomic mass is 9.82. The number of benzene rings is 1. The lowest BCUT2D eigenvalue weighted by molar-refractivity contribution is -0.116. The number of ether oxygens (including phenoxy) is 1. The molecule has 0 aliphatic heterocycles. The summed E-state index contributed by atoms with van der Waals surface area (Å²) >= 11 is 0. The highest BCUT2D eigenvalue weighted by molar-refractivity contribution is 5.77. The summed E-state index contributed by atoms with van der Waals surface area (Å²) < 4.78 is 5.55. The molecule has 1 aromatic carbocycles. The molecule has 0 radical (unpaired) electrons. The zero-order valence-corrected chi connectivity index (χ0v) is 12.9. The Hall–Kier alpha value is -1.35. The maximum atomic E-state index is 11.0. The summed E-state index contributed by atoms with van der Waals surface area (Å²) in [6.45, 7) is 11.2. The van der Waals surface area contributed by atoms with Crippen LogP contribution in [0.2, 0.25) is 0 Å². The molecule has 0 amide bonds. The quantitative estimate of drug-likeness (QED) is 0.857. The van der Waals surface area contributed by atoms with E-state index in [0.717, 1.165) is 17.9 Å². The van der Waals surface area contributed by atoms with Crippen molar-refractivity contribution in [3.05, 3.63) is 28.8 Å². The molecule has 0 bridgehead atoms.